The van der Waals surface area contributed by atoms with E-state index in [4.69, 9.17) is 15.0 Å². The third-order valence-electron chi connectivity index (χ3n) is 9.62. The van der Waals surface area contributed by atoms with Crippen LogP contribution in [0.1, 0.15) is 54.1 Å². The average molecular weight is 658 g/mol. The average Bonchev–Trinajstić information content (AvgIpc) is 3.27. The molecule has 0 saturated heterocycles. The molecule has 246 valence electrons. The Bertz CT molecular complexity index is 2520. The van der Waals surface area contributed by atoms with Crippen LogP contribution < -0.4 is 0 Å². The molecule has 3 nitrogen and oxygen atoms in total. The van der Waals surface area contributed by atoms with Gasteiger partial charge in [-0.3, -0.25) is 4.99 Å². The van der Waals surface area contributed by atoms with Crippen molar-refractivity contribution in [2.45, 2.75) is 33.1 Å². The second kappa shape index (κ2) is 14.3. The van der Waals surface area contributed by atoms with Crippen LogP contribution in [-0.4, -0.2) is 15.7 Å². The first-order chi connectivity index (χ1) is 25.2. The molecular weight excluding hydrogens is 619 g/mol. The number of hydrogen-bond donors (Lipinski definition) is 0. The molecule has 0 fully saturated rings. The van der Waals surface area contributed by atoms with Gasteiger partial charge in [-0.15, -0.1) is 0 Å². The Morgan fingerprint density at radius 3 is 2.16 bits per heavy atom. The second-order valence-electron chi connectivity index (χ2n) is 13.1. The summed E-state index contributed by atoms with van der Waals surface area (Å²) < 4.78 is 0. The topological polar surface area (TPSA) is 38.1 Å². The summed E-state index contributed by atoms with van der Waals surface area (Å²) in [5.74, 6) is 0. The number of hydrogen-bond acceptors (Lipinski definition) is 3. The van der Waals surface area contributed by atoms with Crippen LogP contribution in [0.25, 0.3) is 55.8 Å². The van der Waals surface area contributed by atoms with Crippen LogP contribution >= 0.6 is 0 Å². The summed E-state index contributed by atoms with van der Waals surface area (Å²) in [6.07, 6.45) is 13.5. The highest BCUT2D eigenvalue weighted by atomic mass is 14.8. The van der Waals surface area contributed by atoms with Gasteiger partial charge in [0.2, 0.25) is 0 Å². The first kappa shape index (κ1) is 32.0. The van der Waals surface area contributed by atoms with Crippen LogP contribution in [-0.2, 0) is 0 Å². The lowest BCUT2D eigenvalue weighted by molar-refractivity contribution is 0.896. The summed E-state index contributed by atoms with van der Waals surface area (Å²) in [5, 5.41) is 2.12. The first-order valence-electron chi connectivity index (χ1n) is 17.8. The number of benzene rings is 5. The smallest absolute Gasteiger partial charge is 0.0825 e. The predicted molar refractivity (Wildman–Crippen MR) is 217 cm³/mol. The van der Waals surface area contributed by atoms with Crippen molar-refractivity contribution >= 4 is 44.9 Å². The fourth-order valence-electron chi connectivity index (χ4n) is 7.06. The number of nitrogens with zero attached hydrogens (tertiary/aromatic N) is 3. The standard InChI is InChI=1S/C48H39N3/c1-3-4-6-26-43-33(2)30-42-47(51-46-29-14-11-25-41(46)48(42)50-43)38-22-16-20-36(32-38)35-19-15-21-37(31-35)44-27-12-9-23-39(34-17-7-5-8-18-34)40-24-10-13-28-45(40)49-44/h3-8,10-11,13-26,28-32H,9,12,27H2,1-2H3/b4-3-,26-6-,39-23-,49-44?. The highest BCUT2D eigenvalue weighted by Gasteiger charge is 2.16. The van der Waals surface area contributed by atoms with Crippen molar-refractivity contribution in [3.63, 3.8) is 0 Å². The SMILES string of the molecule is C/C=C\C=C/c1nc2c(cc1C)c(-c1cccc(-c3cccc(C4=Nc5ccccc5/C(c5ccccc5)=C\CCC4)c3)c1)nc1ccccc12. The Kier molecular flexibility index (Phi) is 9.01. The molecule has 0 saturated carbocycles. The lowest BCUT2D eigenvalue weighted by atomic mass is 9.95. The van der Waals surface area contributed by atoms with E-state index in [9.17, 15) is 0 Å². The molecule has 0 amide bonds. The van der Waals surface area contributed by atoms with Gasteiger partial charge in [0, 0.05) is 27.6 Å². The second-order valence-corrected chi connectivity index (χ2v) is 13.1. The summed E-state index contributed by atoms with van der Waals surface area (Å²) in [4.78, 5) is 15.8. The minimum absolute atomic E-state index is 0.904. The molecule has 0 atom stereocenters. The molecule has 3 heteroatoms. The van der Waals surface area contributed by atoms with Crippen molar-refractivity contribution in [1.82, 2.24) is 9.97 Å². The number of rotatable bonds is 6. The van der Waals surface area contributed by atoms with Crippen LogP contribution in [0, 0.1) is 6.92 Å². The molecule has 1 aliphatic heterocycles. The third kappa shape index (κ3) is 6.59. The van der Waals surface area contributed by atoms with E-state index < -0.39 is 0 Å². The van der Waals surface area contributed by atoms with Gasteiger partial charge in [0.05, 0.1) is 28.1 Å². The number of aryl methyl sites for hydroxylation is 1. The molecule has 0 radical (unpaired) electrons. The van der Waals surface area contributed by atoms with E-state index in [2.05, 4.69) is 146 Å². The summed E-state index contributed by atoms with van der Waals surface area (Å²) in [6, 6.07) is 47.4. The van der Waals surface area contributed by atoms with Crippen LogP contribution in [0.5, 0.6) is 0 Å². The van der Waals surface area contributed by atoms with Crippen LogP contribution in [0.15, 0.2) is 163 Å². The largest absolute Gasteiger partial charge is 0.252 e. The normalized spacial score (nSPS) is 14.5. The van der Waals surface area contributed by atoms with E-state index in [0.717, 1.165) is 91.7 Å². The lowest BCUT2D eigenvalue weighted by Crippen LogP contribution is -2.01. The molecule has 2 aromatic heterocycles. The Labute approximate surface area is 300 Å². The van der Waals surface area contributed by atoms with E-state index in [0.29, 0.717) is 0 Å². The van der Waals surface area contributed by atoms with Crippen molar-refractivity contribution in [3.8, 4) is 22.4 Å². The molecule has 51 heavy (non-hydrogen) atoms. The number of pyridine rings is 2. The lowest BCUT2D eigenvalue weighted by Gasteiger charge is -2.14. The van der Waals surface area contributed by atoms with Crippen molar-refractivity contribution < 1.29 is 0 Å². The number of aromatic nitrogens is 2. The summed E-state index contributed by atoms with van der Waals surface area (Å²) in [5.41, 5.74) is 15.3. The molecule has 0 unspecified atom stereocenters. The summed E-state index contributed by atoms with van der Waals surface area (Å²) >= 11 is 0. The van der Waals surface area contributed by atoms with Crippen LogP contribution in [0.2, 0.25) is 0 Å². The Morgan fingerprint density at radius 2 is 1.31 bits per heavy atom. The zero-order valence-corrected chi connectivity index (χ0v) is 29.1. The van der Waals surface area contributed by atoms with E-state index in [1.165, 1.54) is 16.7 Å². The van der Waals surface area contributed by atoms with Gasteiger partial charge in [-0.25, -0.2) is 9.97 Å². The van der Waals surface area contributed by atoms with Crippen molar-refractivity contribution in [2.24, 2.45) is 4.99 Å². The summed E-state index contributed by atoms with van der Waals surface area (Å²) in [6.45, 7) is 4.15. The maximum absolute atomic E-state index is 5.36. The monoisotopic (exact) mass is 657 g/mol. The highest BCUT2D eigenvalue weighted by Crippen LogP contribution is 2.36. The van der Waals surface area contributed by atoms with Gasteiger partial charge >= 0.3 is 0 Å². The van der Waals surface area contributed by atoms with Crippen LogP contribution in [0.3, 0.4) is 0 Å². The molecule has 5 aromatic carbocycles. The summed E-state index contributed by atoms with van der Waals surface area (Å²) in [7, 11) is 0. The molecule has 0 aliphatic carbocycles. The third-order valence-corrected chi connectivity index (χ3v) is 9.62. The zero-order chi connectivity index (χ0) is 34.6. The molecule has 8 rings (SSSR count). The van der Waals surface area contributed by atoms with E-state index in [1.54, 1.807) is 0 Å². The molecule has 0 spiro atoms. The molecule has 0 bridgehead atoms. The van der Waals surface area contributed by atoms with Gasteiger partial charge in [-0.2, -0.15) is 0 Å². The Morgan fingerprint density at radius 1 is 0.608 bits per heavy atom. The van der Waals surface area contributed by atoms with Crippen molar-refractivity contribution in [2.75, 3.05) is 0 Å². The van der Waals surface area contributed by atoms with E-state index in [-0.39, 0.29) is 0 Å². The number of fused-ring (bicyclic) bond motifs is 4. The molecule has 3 heterocycles. The predicted octanol–water partition coefficient (Wildman–Crippen LogP) is 12.8. The van der Waals surface area contributed by atoms with Crippen LogP contribution in [0.4, 0.5) is 5.69 Å². The minimum atomic E-state index is 0.904. The molecule has 1 aliphatic rings. The Hall–Kier alpha value is -6.19. The van der Waals surface area contributed by atoms with Gasteiger partial charge in [0.15, 0.2) is 0 Å². The fourth-order valence-corrected chi connectivity index (χ4v) is 7.06. The highest BCUT2D eigenvalue weighted by molar-refractivity contribution is 6.09. The molecular formula is C48H39N3. The van der Waals surface area contributed by atoms with Gasteiger partial charge in [0.1, 0.15) is 0 Å². The van der Waals surface area contributed by atoms with Gasteiger partial charge in [0.25, 0.3) is 0 Å². The first-order valence-corrected chi connectivity index (χ1v) is 17.8. The maximum atomic E-state index is 5.36. The van der Waals surface area contributed by atoms with E-state index >= 15 is 0 Å². The number of para-hydroxylation sites is 2. The molecule has 0 N–H and O–H groups in total. The molecule has 7 aromatic rings. The Balaban J connectivity index is 1.20. The van der Waals surface area contributed by atoms with Gasteiger partial charge in [-0.1, -0.05) is 127 Å². The van der Waals surface area contributed by atoms with Gasteiger partial charge in [-0.05, 0) is 103 Å². The van der Waals surface area contributed by atoms with E-state index in [1.807, 2.05) is 31.2 Å². The quantitative estimate of drug-likeness (QED) is 0.132. The van der Waals surface area contributed by atoms with Gasteiger partial charge < -0.3 is 0 Å². The van der Waals surface area contributed by atoms with Crippen molar-refractivity contribution in [3.05, 3.63) is 186 Å². The minimum Gasteiger partial charge on any atom is -0.252 e. The fraction of sp³-hybridized carbons (Fsp3) is 0.104. The zero-order valence-electron chi connectivity index (χ0n) is 29.1. The number of allylic oxidation sites excluding steroid dienone is 4. The van der Waals surface area contributed by atoms with Crippen molar-refractivity contribution in [1.29, 1.82) is 0 Å². The number of aliphatic imine (C=N–C) groups is 1. The maximum Gasteiger partial charge on any atom is 0.0825 e.